The predicted molar refractivity (Wildman–Crippen MR) is 44.7 cm³/mol. The van der Waals surface area contributed by atoms with E-state index >= 15 is 0 Å². The summed E-state index contributed by atoms with van der Waals surface area (Å²) in [5, 5.41) is 35.4. The van der Waals surface area contributed by atoms with E-state index in [0.29, 0.717) is 0 Å². The first kappa shape index (κ1) is 15.0. The number of Topliss-reactive ketones (excluding diaryl/α,β-unsaturated/α-hetero) is 1. The number of aliphatic hydroxyl groups excluding tert-OH is 4. The summed E-state index contributed by atoms with van der Waals surface area (Å²) in [6.07, 6.45) is -5.49. The minimum absolute atomic E-state index is 0.826. The van der Waals surface area contributed by atoms with E-state index in [1.807, 2.05) is 0 Å². The average molecular weight is 340 g/mol. The zero-order valence-electron chi connectivity index (χ0n) is 7.52. The van der Waals surface area contributed by atoms with Crippen LogP contribution in [-0.4, -0.2) is 81.6 Å². The van der Waals surface area contributed by atoms with Crippen molar-refractivity contribution in [2.24, 2.45) is 0 Å². The number of hydrogen-bond acceptors (Lipinski definition) is 7. The van der Waals surface area contributed by atoms with Crippen molar-refractivity contribution in [3.63, 3.8) is 0 Å². The molecule has 90 valence electrons. The van der Waals surface area contributed by atoms with Crippen LogP contribution in [0.4, 0.5) is 0 Å². The normalized spacial score (nSPS) is 17.5. The summed E-state index contributed by atoms with van der Waals surface area (Å²) in [6.45, 7) is -1.65. The average Bonchev–Trinajstić information content (AvgIpc) is 2.22. The molecule has 0 saturated carbocycles. The maximum atomic E-state index is 11.0. The van der Waals surface area contributed by atoms with Crippen LogP contribution >= 0.6 is 0 Å². The van der Waals surface area contributed by atoms with Crippen LogP contribution in [0.1, 0.15) is 0 Å². The molecule has 0 heterocycles. The number of carbonyl (C=O) groups excluding carboxylic acids is 1. The Bertz CT molecular complexity index is 231. The van der Waals surface area contributed by atoms with E-state index in [1.165, 1.54) is 0 Å². The van der Waals surface area contributed by atoms with Crippen molar-refractivity contribution in [2.45, 2.75) is 18.3 Å². The van der Waals surface area contributed by atoms with Gasteiger partial charge in [-0.2, -0.15) is 0 Å². The Hall–Kier alpha value is 0.0196. The molecular weight excluding hydrogens is 328 g/mol. The molecule has 0 aromatic rings. The molecule has 0 bridgehead atoms. The molecular formula is C6H12O8Te. The topological polar surface area (TPSA) is 145 Å². The number of aliphatic hydroxyl groups is 4. The molecule has 0 spiro atoms. The Morgan fingerprint density at radius 2 is 1.87 bits per heavy atom. The maximum absolute atomic E-state index is 11.0. The zero-order valence-corrected chi connectivity index (χ0v) is 9.85. The molecule has 9 heteroatoms. The van der Waals surface area contributed by atoms with E-state index in [9.17, 15) is 7.90 Å². The van der Waals surface area contributed by atoms with Crippen molar-refractivity contribution in [1.29, 1.82) is 0 Å². The predicted octanol–water partition coefficient (Wildman–Crippen LogP) is -3.95. The summed E-state index contributed by atoms with van der Waals surface area (Å²) >= 11 is -3.87. The van der Waals surface area contributed by atoms with E-state index in [0.717, 1.165) is 0 Å². The van der Waals surface area contributed by atoms with Crippen molar-refractivity contribution in [3.8, 4) is 0 Å². The fraction of sp³-hybridized carbons (Fsp3) is 0.833. The van der Waals surface area contributed by atoms with Crippen molar-refractivity contribution in [2.75, 3.05) is 13.2 Å². The van der Waals surface area contributed by atoms with Gasteiger partial charge in [-0.15, -0.1) is 0 Å². The summed E-state index contributed by atoms with van der Waals surface area (Å²) in [4.78, 5) is 11.0. The second kappa shape index (κ2) is 7.32. The van der Waals surface area contributed by atoms with Gasteiger partial charge in [0.2, 0.25) is 0 Å². The van der Waals surface area contributed by atoms with Gasteiger partial charge in [0.25, 0.3) is 0 Å². The quantitative estimate of drug-likeness (QED) is 0.296. The molecule has 0 aliphatic carbocycles. The van der Waals surface area contributed by atoms with E-state index in [2.05, 4.69) is 3.10 Å². The van der Waals surface area contributed by atoms with Crippen LogP contribution in [0.2, 0.25) is 0 Å². The molecule has 0 aromatic heterocycles. The second-order valence-corrected chi connectivity index (χ2v) is 4.54. The van der Waals surface area contributed by atoms with Crippen LogP contribution in [0, 0.1) is 0 Å². The monoisotopic (exact) mass is 342 g/mol. The molecule has 5 N–H and O–H groups in total. The van der Waals surface area contributed by atoms with E-state index < -0.39 is 57.7 Å². The molecule has 0 saturated heterocycles. The molecule has 0 aliphatic rings. The third kappa shape index (κ3) is 5.60. The van der Waals surface area contributed by atoms with Crippen molar-refractivity contribution >= 4 is 26.1 Å². The van der Waals surface area contributed by atoms with Crippen LogP contribution in [0.5, 0.6) is 0 Å². The van der Waals surface area contributed by atoms with Gasteiger partial charge in [-0.1, -0.05) is 0 Å². The number of rotatable bonds is 7. The molecule has 0 aromatic carbocycles. The number of hydrogen-bond donors (Lipinski definition) is 5. The number of ketones is 1. The van der Waals surface area contributed by atoms with Gasteiger partial charge < -0.3 is 0 Å². The van der Waals surface area contributed by atoms with Crippen LogP contribution in [-0.2, 0) is 11.0 Å². The Balaban J connectivity index is 4.13. The van der Waals surface area contributed by atoms with E-state index in [1.54, 1.807) is 0 Å². The van der Waals surface area contributed by atoms with Gasteiger partial charge in [0.1, 0.15) is 0 Å². The van der Waals surface area contributed by atoms with Crippen molar-refractivity contribution in [1.82, 2.24) is 0 Å². The first-order valence-electron chi connectivity index (χ1n) is 3.82. The van der Waals surface area contributed by atoms with Crippen LogP contribution in [0.25, 0.3) is 0 Å². The molecule has 0 fully saturated rings. The summed E-state index contributed by atoms with van der Waals surface area (Å²) in [7, 11) is 0. The summed E-state index contributed by atoms with van der Waals surface area (Å²) in [5.74, 6) is -1.05. The van der Waals surface area contributed by atoms with Gasteiger partial charge in [0.05, 0.1) is 0 Å². The van der Waals surface area contributed by atoms with Gasteiger partial charge >= 0.3 is 92.6 Å². The minimum atomic E-state index is -3.87. The van der Waals surface area contributed by atoms with E-state index in [-0.39, 0.29) is 0 Å². The Morgan fingerprint density at radius 3 is 2.27 bits per heavy atom. The van der Waals surface area contributed by atoms with E-state index in [4.69, 9.17) is 23.9 Å². The van der Waals surface area contributed by atoms with Gasteiger partial charge in [-0.25, -0.2) is 0 Å². The third-order valence-corrected chi connectivity index (χ3v) is 2.45. The molecule has 0 aliphatic heterocycles. The first-order valence-corrected chi connectivity index (χ1v) is 6.76. The Labute approximate surface area is 92.8 Å². The summed E-state index contributed by atoms with van der Waals surface area (Å²) in [6, 6.07) is 0. The zero-order chi connectivity index (χ0) is 12.0. The first-order chi connectivity index (χ1) is 6.90. The Kier molecular flexibility index (Phi) is 7.33. The van der Waals surface area contributed by atoms with Crippen LogP contribution in [0.15, 0.2) is 0 Å². The fourth-order valence-corrected chi connectivity index (χ4v) is 1.32. The van der Waals surface area contributed by atoms with Crippen LogP contribution < -0.4 is 0 Å². The molecule has 0 amide bonds. The molecule has 8 nitrogen and oxygen atoms in total. The molecule has 15 heavy (non-hydrogen) atoms. The third-order valence-electron chi connectivity index (χ3n) is 1.54. The molecule has 0 radical (unpaired) electrons. The van der Waals surface area contributed by atoms with Gasteiger partial charge in [0, 0.05) is 0 Å². The van der Waals surface area contributed by atoms with Gasteiger partial charge in [-0.3, -0.25) is 0 Å². The van der Waals surface area contributed by atoms with Crippen molar-refractivity contribution < 1.29 is 34.9 Å². The summed E-state index contributed by atoms with van der Waals surface area (Å²) < 4.78 is 22.5. The molecule has 0 rings (SSSR count). The number of carbonyl (C=O) groups is 1. The van der Waals surface area contributed by atoms with Gasteiger partial charge in [0.15, 0.2) is 0 Å². The molecule has 3 atom stereocenters. The second-order valence-electron chi connectivity index (χ2n) is 2.63. The van der Waals surface area contributed by atoms with Crippen molar-refractivity contribution in [3.05, 3.63) is 0 Å². The molecule has 0 unspecified atom stereocenters. The van der Waals surface area contributed by atoms with Gasteiger partial charge in [-0.05, 0) is 0 Å². The van der Waals surface area contributed by atoms with Crippen LogP contribution in [0.3, 0.4) is 0 Å². The Morgan fingerprint density at radius 1 is 1.33 bits per heavy atom. The fourth-order valence-electron chi connectivity index (χ4n) is 0.703. The standard InChI is InChI=1S/C6H12O8Te/c7-1-3(8)5(10)6(11)4(9)2-14-15(12)13/h3,5-8,10-11H,1-2H2,(H,12,13)/t3-,5+,6+/m1/s1. The SMILES string of the molecule is O=C(CO[Te](=O)O)[C@H](O)[C@@H](O)[C@H](O)CO. The summed E-state index contributed by atoms with van der Waals surface area (Å²) in [5.41, 5.74) is 0.